The molecule has 15 heavy (non-hydrogen) atoms. The summed E-state index contributed by atoms with van der Waals surface area (Å²) in [4.78, 5) is 0.944. The summed E-state index contributed by atoms with van der Waals surface area (Å²) in [6.07, 6.45) is 7.98. The minimum Gasteiger partial charge on any atom is -0.780 e. The summed E-state index contributed by atoms with van der Waals surface area (Å²) < 4.78 is 0. The van der Waals surface area contributed by atoms with Crippen LogP contribution in [0.1, 0.15) is 44.6 Å². The summed E-state index contributed by atoms with van der Waals surface area (Å²) in [6, 6.07) is 8.36. The maximum absolute atomic E-state index is 5.04. The van der Waals surface area contributed by atoms with E-state index in [1.165, 1.54) is 44.1 Å². The SMILES string of the molecule is CCCCCCCc1ccc([S-])cc1.[Na+]. The van der Waals surface area contributed by atoms with Gasteiger partial charge in [-0.25, -0.2) is 0 Å². The van der Waals surface area contributed by atoms with Crippen molar-refractivity contribution in [2.45, 2.75) is 50.3 Å². The van der Waals surface area contributed by atoms with E-state index < -0.39 is 0 Å². The van der Waals surface area contributed by atoms with Crippen LogP contribution in [0, 0.1) is 0 Å². The molecule has 0 fully saturated rings. The standard InChI is InChI=1S/C13H20S.Na/c1-2-3-4-5-6-7-12-8-10-13(14)11-9-12;/h8-11,14H,2-7H2,1H3;/q;+1/p-1. The van der Waals surface area contributed by atoms with Crippen LogP contribution in [0.4, 0.5) is 0 Å². The summed E-state index contributed by atoms with van der Waals surface area (Å²) in [5.41, 5.74) is 1.43. The van der Waals surface area contributed by atoms with Gasteiger partial charge in [-0.2, -0.15) is 4.90 Å². The van der Waals surface area contributed by atoms with E-state index in [9.17, 15) is 0 Å². The van der Waals surface area contributed by atoms with Crippen LogP contribution in [0.15, 0.2) is 29.2 Å². The molecule has 78 valence electrons. The van der Waals surface area contributed by atoms with Gasteiger partial charge in [-0.15, -0.1) is 0 Å². The van der Waals surface area contributed by atoms with Crippen molar-refractivity contribution in [2.24, 2.45) is 0 Å². The predicted octanol–water partition coefficient (Wildman–Crippen LogP) is 1.11. The molecule has 0 unspecified atom stereocenters. The summed E-state index contributed by atoms with van der Waals surface area (Å²) in [5, 5.41) is 0. The van der Waals surface area contributed by atoms with Gasteiger partial charge < -0.3 is 12.6 Å². The molecule has 0 spiro atoms. The Bertz CT molecular complexity index is 243. The first kappa shape index (κ1) is 15.4. The second kappa shape index (κ2) is 9.65. The zero-order chi connectivity index (χ0) is 10.2. The molecule has 0 atom stereocenters. The van der Waals surface area contributed by atoms with Crippen LogP contribution in [0.5, 0.6) is 0 Å². The van der Waals surface area contributed by atoms with Gasteiger partial charge in [0.2, 0.25) is 0 Å². The molecule has 1 aromatic carbocycles. The van der Waals surface area contributed by atoms with Gasteiger partial charge in [0, 0.05) is 0 Å². The molecular weight excluding hydrogens is 211 g/mol. The molecular formula is C13H19NaS. The summed E-state index contributed by atoms with van der Waals surface area (Å²) in [5.74, 6) is 0. The first-order valence-electron chi connectivity index (χ1n) is 5.59. The van der Waals surface area contributed by atoms with E-state index in [-0.39, 0.29) is 29.6 Å². The smallest absolute Gasteiger partial charge is 0.780 e. The molecule has 0 saturated carbocycles. The number of hydrogen-bond donors (Lipinski definition) is 0. The van der Waals surface area contributed by atoms with Crippen LogP contribution < -0.4 is 29.6 Å². The van der Waals surface area contributed by atoms with Crippen LogP contribution >= 0.6 is 0 Å². The number of benzene rings is 1. The number of unbranched alkanes of at least 4 members (excludes halogenated alkanes) is 4. The van der Waals surface area contributed by atoms with E-state index in [0.29, 0.717) is 0 Å². The Morgan fingerprint density at radius 2 is 1.53 bits per heavy atom. The third-order valence-electron chi connectivity index (χ3n) is 2.49. The number of rotatable bonds is 6. The average molecular weight is 230 g/mol. The maximum Gasteiger partial charge on any atom is 1.00 e. The van der Waals surface area contributed by atoms with E-state index in [2.05, 4.69) is 19.1 Å². The van der Waals surface area contributed by atoms with E-state index in [1.54, 1.807) is 0 Å². The Hall–Kier alpha value is 0.440. The normalized spacial score (nSPS) is 9.67. The van der Waals surface area contributed by atoms with Gasteiger partial charge in [0.25, 0.3) is 0 Å². The van der Waals surface area contributed by atoms with Crippen LogP contribution in [0.2, 0.25) is 0 Å². The monoisotopic (exact) mass is 230 g/mol. The Balaban J connectivity index is 0.00000196. The van der Waals surface area contributed by atoms with Crippen molar-refractivity contribution in [1.82, 2.24) is 0 Å². The largest absolute Gasteiger partial charge is 1.00 e. The van der Waals surface area contributed by atoms with E-state index >= 15 is 0 Å². The van der Waals surface area contributed by atoms with Gasteiger partial charge in [0.15, 0.2) is 0 Å². The minimum atomic E-state index is 0. The van der Waals surface area contributed by atoms with Crippen LogP contribution in [-0.2, 0) is 19.0 Å². The molecule has 1 aromatic rings. The first-order chi connectivity index (χ1) is 6.83. The van der Waals surface area contributed by atoms with Gasteiger partial charge >= 0.3 is 29.6 Å². The Kier molecular flexibility index (Phi) is 9.93. The van der Waals surface area contributed by atoms with Crippen molar-refractivity contribution in [3.05, 3.63) is 29.8 Å². The predicted molar refractivity (Wildman–Crippen MR) is 64.5 cm³/mol. The molecule has 0 aliphatic rings. The molecule has 0 aliphatic heterocycles. The molecule has 0 aromatic heterocycles. The van der Waals surface area contributed by atoms with Crippen molar-refractivity contribution in [1.29, 1.82) is 0 Å². The quantitative estimate of drug-likeness (QED) is 0.401. The third-order valence-corrected chi connectivity index (χ3v) is 2.76. The van der Waals surface area contributed by atoms with Crippen molar-refractivity contribution in [3.8, 4) is 0 Å². The summed E-state index contributed by atoms with van der Waals surface area (Å²) >= 11 is 5.04. The van der Waals surface area contributed by atoms with Gasteiger partial charge in [-0.1, -0.05) is 56.9 Å². The van der Waals surface area contributed by atoms with Gasteiger partial charge in [0.1, 0.15) is 0 Å². The molecule has 0 saturated heterocycles. The van der Waals surface area contributed by atoms with Crippen molar-refractivity contribution in [3.63, 3.8) is 0 Å². The average Bonchev–Trinajstić information content (AvgIpc) is 2.21. The summed E-state index contributed by atoms with van der Waals surface area (Å²) in [6.45, 7) is 2.25. The molecule has 0 aliphatic carbocycles. The molecule has 0 radical (unpaired) electrons. The topological polar surface area (TPSA) is 0 Å². The Labute approximate surface area is 122 Å². The molecule has 0 amide bonds. The maximum atomic E-state index is 5.04. The third kappa shape index (κ3) is 7.35. The molecule has 0 nitrogen and oxygen atoms in total. The fraction of sp³-hybridized carbons (Fsp3) is 0.538. The molecule has 2 heteroatoms. The Morgan fingerprint density at radius 3 is 2.13 bits per heavy atom. The van der Waals surface area contributed by atoms with Gasteiger partial charge in [-0.3, -0.25) is 0 Å². The molecule has 0 N–H and O–H groups in total. The molecule has 0 heterocycles. The van der Waals surface area contributed by atoms with E-state index in [4.69, 9.17) is 12.6 Å². The number of aryl methyl sites for hydroxylation is 1. The van der Waals surface area contributed by atoms with Crippen molar-refractivity contribution < 1.29 is 29.6 Å². The van der Waals surface area contributed by atoms with E-state index in [0.717, 1.165) is 4.90 Å². The molecule has 0 bridgehead atoms. The van der Waals surface area contributed by atoms with Crippen molar-refractivity contribution >= 4 is 12.6 Å². The second-order valence-electron chi connectivity index (χ2n) is 3.81. The van der Waals surface area contributed by atoms with Crippen molar-refractivity contribution in [2.75, 3.05) is 0 Å². The number of hydrogen-bond acceptors (Lipinski definition) is 1. The fourth-order valence-electron chi connectivity index (χ4n) is 1.59. The molecule has 1 rings (SSSR count). The second-order valence-corrected chi connectivity index (χ2v) is 4.28. The van der Waals surface area contributed by atoms with Crippen LogP contribution in [-0.4, -0.2) is 0 Å². The minimum absolute atomic E-state index is 0. The van der Waals surface area contributed by atoms with Gasteiger partial charge in [0.05, 0.1) is 0 Å². The Morgan fingerprint density at radius 1 is 0.933 bits per heavy atom. The fourth-order valence-corrected chi connectivity index (χ4v) is 1.72. The first-order valence-corrected chi connectivity index (χ1v) is 5.99. The van der Waals surface area contributed by atoms with Gasteiger partial charge in [-0.05, 0) is 18.4 Å². The van der Waals surface area contributed by atoms with Crippen LogP contribution in [0.3, 0.4) is 0 Å². The summed E-state index contributed by atoms with van der Waals surface area (Å²) in [7, 11) is 0. The van der Waals surface area contributed by atoms with Crippen LogP contribution in [0.25, 0.3) is 0 Å². The zero-order valence-corrected chi connectivity index (χ0v) is 12.8. The van der Waals surface area contributed by atoms with E-state index in [1.807, 2.05) is 12.1 Å². The zero-order valence-electron chi connectivity index (χ0n) is 9.96.